The Labute approximate surface area is 178 Å². The summed E-state index contributed by atoms with van der Waals surface area (Å²) in [5.41, 5.74) is 0.437. The maximum Gasteiger partial charge on any atom is 0.354 e. The van der Waals surface area contributed by atoms with Crippen molar-refractivity contribution in [3.05, 3.63) is 47.0 Å². The van der Waals surface area contributed by atoms with Crippen LogP contribution in [0.15, 0.2) is 30.3 Å². The molecular weight excluding hydrogens is 404 g/mol. The molecule has 3 aliphatic heterocycles. The van der Waals surface area contributed by atoms with Crippen LogP contribution in [-0.2, 0) is 4.74 Å². The van der Waals surface area contributed by atoms with E-state index in [2.05, 4.69) is 0 Å². The summed E-state index contributed by atoms with van der Waals surface area (Å²) in [6.45, 7) is 3.53. The number of hydrogen-bond donors (Lipinski definition) is 0. The molecule has 0 fully saturated rings. The van der Waals surface area contributed by atoms with E-state index in [1.165, 1.54) is 20.3 Å². The van der Waals surface area contributed by atoms with Gasteiger partial charge in [0.25, 0.3) is 5.78 Å². The molecule has 2 aromatic carbocycles. The fourth-order valence-corrected chi connectivity index (χ4v) is 3.84. The topological polar surface area (TPSA) is 89.5 Å². The van der Waals surface area contributed by atoms with Crippen molar-refractivity contribution in [3.63, 3.8) is 0 Å². The van der Waals surface area contributed by atoms with Crippen molar-refractivity contribution < 1.29 is 38.0 Å². The summed E-state index contributed by atoms with van der Waals surface area (Å²) in [7, 11) is 2.95. The van der Waals surface area contributed by atoms with Gasteiger partial charge >= 0.3 is 11.8 Å². The van der Waals surface area contributed by atoms with E-state index in [1.807, 2.05) is 26.0 Å². The zero-order valence-corrected chi connectivity index (χ0v) is 17.4. The minimum Gasteiger partial charge on any atom is -0.493 e. The third kappa shape index (κ3) is 2.82. The number of fused-ring (bicyclic) bond motifs is 4. The average Bonchev–Trinajstić information content (AvgIpc) is 2.74. The van der Waals surface area contributed by atoms with Crippen molar-refractivity contribution in [1.82, 2.24) is 0 Å². The molecule has 1 atom stereocenters. The van der Waals surface area contributed by atoms with Crippen molar-refractivity contribution in [2.45, 2.75) is 25.2 Å². The predicted molar refractivity (Wildman–Crippen MR) is 108 cm³/mol. The summed E-state index contributed by atoms with van der Waals surface area (Å²) < 4.78 is 33.9. The van der Waals surface area contributed by atoms with Gasteiger partial charge in [0.2, 0.25) is 0 Å². The van der Waals surface area contributed by atoms with Gasteiger partial charge in [0.15, 0.2) is 23.9 Å². The second-order valence-corrected chi connectivity index (χ2v) is 7.96. The molecule has 0 radical (unpaired) electrons. The second-order valence-electron chi connectivity index (χ2n) is 7.96. The number of esters is 1. The van der Waals surface area contributed by atoms with Gasteiger partial charge < -0.3 is 28.4 Å². The van der Waals surface area contributed by atoms with Crippen LogP contribution in [0.5, 0.6) is 28.7 Å². The number of methoxy groups -OCH3 is 2. The minimum atomic E-state index is -1.95. The average molecular weight is 424 g/mol. The fraction of sp³-hybridized carbons (Fsp3) is 0.304. The molecule has 3 heterocycles. The van der Waals surface area contributed by atoms with Crippen LogP contribution in [0, 0.1) is 0 Å². The quantitative estimate of drug-likeness (QED) is 0.678. The van der Waals surface area contributed by atoms with Crippen molar-refractivity contribution in [1.29, 1.82) is 0 Å². The van der Waals surface area contributed by atoms with Gasteiger partial charge in [-0.1, -0.05) is 0 Å². The highest BCUT2D eigenvalue weighted by molar-refractivity contribution is 6.08. The molecule has 31 heavy (non-hydrogen) atoms. The highest BCUT2D eigenvalue weighted by Gasteiger charge is 2.55. The lowest BCUT2D eigenvalue weighted by Gasteiger charge is -2.40. The monoisotopic (exact) mass is 424 g/mol. The van der Waals surface area contributed by atoms with Gasteiger partial charge in [0.1, 0.15) is 22.7 Å². The highest BCUT2D eigenvalue weighted by atomic mass is 16.7. The molecule has 1 unspecified atom stereocenters. The summed E-state index contributed by atoms with van der Waals surface area (Å²) in [5.74, 6) is -1.36. The molecule has 0 saturated carbocycles. The molecule has 160 valence electrons. The first kappa shape index (κ1) is 19.3. The summed E-state index contributed by atoms with van der Waals surface area (Å²) in [6.07, 6.45) is 3.68. The number of benzene rings is 2. The Morgan fingerprint density at radius 1 is 0.903 bits per heavy atom. The number of carbonyl (C=O) groups is 2. The van der Waals surface area contributed by atoms with Crippen molar-refractivity contribution in [2.24, 2.45) is 0 Å². The van der Waals surface area contributed by atoms with Crippen LogP contribution in [0.4, 0.5) is 0 Å². The van der Waals surface area contributed by atoms with Crippen LogP contribution >= 0.6 is 0 Å². The SMILES string of the molecule is COc1cc2c(cc1OC)C(=O)C1(CO2)OC(=O)c2ccc3c(c2O1)C=CC(C)(C)O3. The molecular formula is C23H20O8. The van der Waals surface area contributed by atoms with Crippen LogP contribution in [-0.4, -0.2) is 44.0 Å². The summed E-state index contributed by atoms with van der Waals surface area (Å²) in [6, 6.07) is 6.29. The number of Topliss-reactive ketones (excluding diaryl/α,β-unsaturated/α-hetero) is 1. The van der Waals surface area contributed by atoms with E-state index in [0.717, 1.165) is 0 Å². The van der Waals surface area contributed by atoms with Crippen LogP contribution in [0.25, 0.3) is 6.08 Å². The van der Waals surface area contributed by atoms with E-state index in [-0.39, 0.29) is 23.5 Å². The van der Waals surface area contributed by atoms with Crippen molar-refractivity contribution >= 4 is 17.8 Å². The summed E-state index contributed by atoms with van der Waals surface area (Å²) in [5, 5.41) is 0. The van der Waals surface area contributed by atoms with Crippen LogP contribution in [0.2, 0.25) is 0 Å². The first-order valence-electron chi connectivity index (χ1n) is 9.68. The molecule has 0 aromatic heterocycles. The Morgan fingerprint density at radius 3 is 2.39 bits per heavy atom. The Bertz CT molecular complexity index is 1160. The van der Waals surface area contributed by atoms with Gasteiger partial charge in [-0.2, -0.15) is 0 Å². The minimum absolute atomic E-state index is 0.165. The lowest BCUT2D eigenvalue weighted by Crippen LogP contribution is -2.57. The zero-order chi connectivity index (χ0) is 22.0. The number of carbonyl (C=O) groups excluding carboxylic acids is 2. The molecule has 1 spiro atoms. The number of ketones is 1. The molecule has 5 rings (SSSR count). The van der Waals surface area contributed by atoms with Crippen LogP contribution in [0.3, 0.4) is 0 Å². The van der Waals surface area contributed by atoms with Crippen molar-refractivity contribution in [2.75, 3.05) is 20.8 Å². The van der Waals surface area contributed by atoms with Gasteiger partial charge in [-0.25, -0.2) is 4.79 Å². The third-order valence-corrected chi connectivity index (χ3v) is 5.42. The Morgan fingerprint density at radius 2 is 1.65 bits per heavy atom. The van der Waals surface area contributed by atoms with E-state index in [0.29, 0.717) is 28.6 Å². The van der Waals surface area contributed by atoms with E-state index in [9.17, 15) is 9.59 Å². The molecule has 0 saturated heterocycles. The summed E-state index contributed by atoms with van der Waals surface area (Å²) in [4.78, 5) is 26.3. The van der Waals surface area contributed by atoms with E-state index >= 15 is 0 Å². The zero-order valence-electron chi connectivity index (χ0n) is 17.4. The molecule has 8 nitrogen and oxygen atoms in total. The Hall–Kier alpha value is -3.68. The Kier molecular flexibility index (Phi) is 3.99. The molecule has 0 aliphatic carbocycles. The molecule has 0 bridgehead atoms. The number of ether oxygens (including phenoxy) is 6. The maximum atomic E-state index is 13.5. The standard InChI is InChI=1S/C23H20O8/c1-22(2)8-7-12-15(29-22)6-5-13-19(12)30-23(31-21(13)25)11-28-16-10-18(27-4)17(26-3)9-14(16)20(23)24/h5-10H,11H2,1-4H3. The molecule has 0 amide bonds. The first-order valence-corrected chi connectivity index (χ1v) is 9.68. The predicted octanol–water partition coefficient (Wildman–Crippen LogP) is 3.41. The largest absolute Gasteiger partial charge is 0.493 e. The second kappa shape index (κ2) is 6.41. The number of hydrogen-bond acceptors (Lipinski definition) is 8. The van der Waals surface area contributed by atoms with Gasteiger partial charge in [0.05, 0.1) is 25.3 Å². The lowest BCUT2D eigenvalue weighted by atomic mass is 9.95. The van der Waals surface area contributed by atoms with E-state index < -0.39 is 23.1 Å². The van der Waals surface area contributed by atoms with Gasteiger partial charge in [0, 0.05) is 6.07 Å². The van der Waals surface area contributed by atoms with Gasteiger partial charge in [-0.05, 0) is 44.2 Å². The smallest absolute Gasteiger partial charge is 0.354 e. The first-order chi connectivity index (χ1) is 14.8. The molecule has 0 N–H and O–H groups in total. The highest BCUT2D eigenvalue weighted by Crippen LogP contribution is 2.46. The van der Waals surface area contributed by atoms with Crippen molar-refractivity contribution in [3.8, 4) is 28.7 Å². The van der Waals surface area contributed by atoms with Crippen LogP contribution < -0.4 is 23.7 Å². The normalized spacial score (nSPS) is 22.2. The van der Waals surface area contributed by atoms with Crippen LogP contribution in [0.1, 0.15) is 40.1 Å². The van der Waals surface area contributed by atoms with E-state index in [4.69, 9.17) is 28.4 Å². The lowest BCUT2D eigenvalue weighted by molar-refractivity contribution is -0.144. The molecule has 8 heteroatoms. The fourth-order valence-electron chi connectivity index (χ4n) is 3.84. The third-order valence-electron chi connectivity index (χ3n) is 5.42. The van der Waals surface area contributed by atoms with Gasteiger partial charge in [-0.3, -0.25) is 4.79 Å². The van der Waals surface area contributed by atoms with E-state index in [1.54, 1.807) is 18.2 Å². The summed E-state index contributed by atoms with van der Waals surface area (Å²) >= 11 is 0. The molecule has 2 aromatic rings. The van der Waals surface area contributed by atoms with Gasteiger partial charge in [-0.15, -0.1) is 0 Å². The Balaban J connectivity index is 1.60. The molecule has 3 aliphatic rings. The maximum absolute atomic E-state index is 13.5. The number of rotatable bonds is 2.